The van der Waals surface area contributed by atoms with Gasteiger partial charge in [0.05, 0.1) is 66.6 Å². The van der Waals surface area contributed by atoms with E-state index >= 15 is 0 Å². The number of nitrogens with zero attached hydrogens (tertiary/aromatic N) is 8. The minimum absolute atomic E-state index is 0.615. The highest BCUT2D eigenvalue weighted by molar-refractivity contribution is 6.30. The first-order valence-corrected chi connectivity index (χ1v) is 34.0. The summed E-state index contributed by atoms with van der Waals surface area (Å²) in [4.78, 5) is 21.6. The summed E-state index contributed by atoms with van der Waals surface area (Å²) in [6.45, 7) is 0. The van der Waals surface area contributed by atoms with Crippen LogP contribution in [0.15, 0.2) is 340 Å². The van der Waals surface area contributed by atoms with Gasteiger partial charge in [0, 0.05) is 87.6 Å². The maximum Gasteiger partial charge on any atom is 0.235 e. The fraction of sp³-hybridized carbons (Fsp3) is 0. The molecular weight excluding hydrogens is 1220 g/mol. The Balaban J connectivity index is 0.685. The molecule has 0 spiro atoms. The molecule has 8 nitrogen and oxygen atoms in total. The molecule has 0 aliphatic rings. The van der Waals surface area contributed by atoms with Crippen LogP contribution >= 0.6 is 0 Å². The van der Waals surface area contributed by atoms with Crippen LogP contribution in [0.1, 0.15) is 0 Å². The SMILES string of the molecule is c1ccc(-c2ccc3c(-c4ccc5ccc(-c6cccc(-n7c8ccccc8c8c9c%10ccccc%10n(-c%10ccc(-c%11nc(-c%12ccccc%12)c%12ccccc%12n%11)cc%10)c9ccc87)c6)cc5c4)nc(-n4c5ccccc5c5c6c7ccccc7n(-c7ccccc7)c6ccc54)nc3c2)cc1. The predicted molar refractivity (Wildman–Crippen MR) is 415 cm³/mol. The second-order valence-corrected chi connectivity index (χ2v) is 26.1. The lowest BCUT2D eigenvalue weighted by Gasteiger charge is -2.14. The normalized spacial score (nSPS) is 12.0. The number of aromatic nitrogens is 8. The quantitative estimate of drug-likeness (QED) is 0.144. The highest BCUT2D eigenvalue weighted by Gasteiger charge is 2.25. The highest BCUT2D eigenvalue weighted by Crippen LogP contribution is 2.46. The van der Waals surface area contributed by atoms with Gasteiger partial charge in [-0.1, -0.05) is 212 Å². The van der Waals surface area contributed by atoms with E-state index in [0.29, 0.717) is 11.8 Å². The van der Waals surface area contributed by atoms with Gasteiger partial charge in [-0.2, -0.15) is 0 Å². The van der Waals surface area contributed by atoms with Gasteiger partial charge in [-0.05, 0) is 160 Å². The third kappa shape index (κ3) is 8.54. The van der Waals surface area contributed by atoms with Crippen molar-refractivity contribution in [3.05, 3.63) is 340 Å². The van der Waals surface area contributed by atoms with Crippen LogP contribution in [0.2, 0.25) is 0 Å². The van der Waals surface area contributed by atoms with Crippen molar-refractivity contribution in [2.75, 3.05) is 0 Å². The van der Waals surface area contributed by atoms with E-state index in [9.17, 15) is 0 Å². The maximum atomic E-state index is 5.71. The molecule has 8 heteroatoms. The zero-order chi connectivity index (χ0) is 65.5. The van der Waals surface area contributed by atoms with Crippen molar-refractivity contribution in [1.82, 2.24) is 38.2 Å². The molecule has 0 amide bonds. The third-order valence-corrected chi connectivity index (χ3v) is 20.5. The molecule has 0 N–H and O–H groups in total. The van der Waals surface area contributed by atoms with E-state index < -0.39 is 0 Å². The second-order valence-electron chi connectivity index (χ2n) is 26.1. The zero-order valence-corrected chi connectivity index (χ0v) is 53.9. The number of para-hydroxylation sites is 6. The summed E-state index contributed by atoms with van der Waals surface area (Å²) in [5.74, 6) is 1.31. The number of hydrogen-bond donors (Lipinski definition) is 0. The zero-order valence-electron chi connectivity index (χ0n) is 53.9. The van der Waals surface area contributed by atoms with E-state index in [1.54, 1.807) is 0 Å². The monoisotopic (exact) mass is 1270 g/mol. The fourth-order valence-electron chi connectivity index (χ4n) is 16.1. The summed E-state index contributed by atoms with van der Waals surface area (Å²) in [6.07, 6.45) is 0. The molecule has 0 saturated heterocycles. The maximum absolute atomic E-state index is 5.71. The molecule has 0 fully saturated rings. The summed E-state index contributed by atoms with van der Waals surface area (Å²) in [5.41, 5.74) is 23.4. The number of fused-ring (bicyclic) bond motifs is 17. The van der Waals surface area contributed by atoms with Crippen molar-refractivity contribution in [2.45, 2.75) is 0 Å². The minimum atomic E-state index is 0.615. The summed E-state index contributed by atoms with van der Waals surface area (Å²) in [5, 5.41) is 13.9. The molecule has 0 bridgehead atoms. The van der Waals surface area contributed by atoms with Gasteiger partial charge in [0.1, 0.15) is 0 Å². The Morgan fingerprint density at radius 2 is 0.600 bits per heavy atom. The lowest BCUT2D eigenvalue weighted by atomic mass is 9.97. The summed E-state index contributed by atoms with van der Waals surface area (Å²) < 4.78 is 9.53. The van der Waals surface area contributed by atoms with Crippen molar-refractivity contribution in [3.8, 4) is 79.2 Å². The Labute approximate surface area is 573 Å². The van der Waals surface area contributed by atoms with Crippen molar-refractivity contribution < 1.29 is 0 Å². The van der Waals surface area contributed by atoms with Crippen LogP contribution < -0.4 is 0 Å². The van der Waals surface area contributed by atoms with E-state index in [-0.39, 0.29) is 0 Å². The second kappa shape index (κ2) is 22.0. The van der Waals surface area contributed by atoms with Crippen LogP contribution in [0.3, 0.4) is 0 Å². The molecule has 464 valence electrons. The third-order valence-electron chi connectivity index (χ3n) is 20.5. The smallest absolute Gasteiger partial charge is 0.235 e. The molecule has 6 heterocycles. The van der Waals surface area contributed by atoms with E-state index in [2.05, 4.69) is 346 Å². The molecule has 15 aromatic carbocycles. The first-order chi connectivity index (χ1) is 49.6. The Hall–Kier alpha value is -13.6. The fourth-order valence-corrected chi connectivity index (χ4v) is 16.1. The summed E-state index contributed by atoms with van der Waals surface area (Å²) in [6, 6.07) is 122. The van der Waals surface area contributed by atoms with Gasteiger partial charge in [0.2, 0.25) is 5.95 Å². The van der Waals surface area contributed by atoms with Crippen molar-refractivity contribution in [1.29, 1.82) is 0 Å². The molecule has 0 unspecified atom stereocenters. The Morgan fingerprint density at radius 3 is 1.21 bits per heavy atom. The summed E-state index contributed by atoms with van der Waals surface area (Å²) >= 11 is 0. The number of benzene rings is 15. The van der Waals surface area contributed by atoms with Crippen molar-refractivity contribution >= 4 is 120 Å². The van der Waals surface area contributed by atoms with Gasteiger partial charge in [-0.3, -0.25) is 4.57 Å². The molecule has 21 aromatic rings. The van der Waals surface area contributed by atoms with Gasteiger partial charge in [-0.25, -0.2) is 19.9 Å². The molecule has 0 aliphatic heterocycles. The molecular formula is C92H56N8. The standard InChI is InChI=1S/C92H56N8/c1-4-21-57(22-5-1)63-45-48-70-76(56-63)94-92(100-80-38-19-14-33-74(80)88-84(100)52-51-81-86(88)71-30-11-16-35-77(71)97(81)66-26-8-3-9-27-66)96-90(70)64-42-40-58-39-41-62(53-65(58)54-64)61-25-20-28-68(55-61)99-79-37-18-13-32-73(79)87-83(99)50-49-82-85(87)72-31-12-17-36-78(72)98(82)67-46-43-60(44-47-67)91-93-75-34-15-10-29-69(75)89(95-91)59-23-6-2-7-24-59/h1-56H. The molecule has 100 heavy (non-hydrogen) atoms. The first-order valence-electron chi connectivity index (χ1n) is 34.0. The Bertz CT molecular complexity index is 6940. The van der Waals surface area contributed by atoms with Crippen LogP contribution in [0.4, 0.5) is 0 Å². The molecule has 0 aliphatic carbocycles. The van der Waals surface area contributed by atoms with E-state index in [1.807, 2.05) is 12.1 Å². The number of hydrogen-bond acceptors (Lipinski definition) is 4. The van der Waals surface area contributed by atoms with Gasteiger partial charge in [-0.15, -0.1) is 0 Å². The lowest BCUT2D eigenvalue weighted by molar-refractivity contribution is 1.01. The van der Waals surface area contributed by atoms with E-state index in [4.69, 9.17) is 19.9 Å². The van der Waals surface area contributed by atoms with Crippen LogP contribution in [0, 0.1) is 0 Å². The van der Waals surface area contributed by atoms with Gasteiger partial charge in [0.25, 0.3) is 0 Å². The van der Waals surface area contributed by atoms with Gasteiger partial charge >= 0.3 is 0 Å². The van der Waals surface area contributed by atoms with E-state index in [1.165, 1.54) is 37.7 Å². The van der Waals surface area contributed by atoms with Crippen LogP contribution in [0.25, 0.3) is 199 Å². The van der Waals surface area contributed by atoms with Crippen LogP contribution in [-0.4, -0.2) is 38.2 Å². The first kappa shape index (κ1) is 55.7. The summed E-state index contributed by atoms with van der Waals surface area (Å²) in [7, 11) is 0. The topological polar surface area (TPSA) is 71.3 Å². The Morgan fingerprint density at radius 1 is 0.190 bits per heavy atom. The van der Waals surface area contributed by atoms with Crippen LogP contribution in [0.5, 0.6) is 0 Å². The highest BCUT2D eigenvalue weighted by atomic mass is 15.2. The molecule has 0 radical (unpaired) electrons. The number of rotatable bonds is 9. The van der Waals surface area contributed by atoms with Crippen molar-refractivity contribution in [3.63, 3.8) is 0 Å². The largest absolute Gasteiger partial charge is 0.309 e. The van der Waals surface area contributed by atoms with E-state index in [0.717, 1.165) is 149 Å². The average molecular weight is 1270 g/mol. The van der Waals surface area contributed by atoms with Gasteiger partial charge < -0.3 is 13.7 Å². The average Bonchev–Trinajstić information content (AvgIpc) is 1.54. The lowest BCUT2D eigenvalue weighted by Crippen LogP contribution is -2.03. The Kier molecular flexibility index (Phi) is 12.2. The molecule has 0 atom stereocenters. The minimum Gasteiger partial charge on any atom is -0.309 e. The molecule has 21 rings (SSSR count). The van der Waals surface area contributed by atoms with Gasteiger partial charge in [0.15, 0.2) is 5.82 Å². The van der Waals surface area contributed by atoms with Crippen molar-refractivity contribution in [2.24, 2.45) is 0 Å². The predicted octanol–water partition coefficient (Wildman–Crippen LogP) is 23.4. The molecule has 6 aromatic heterocycles. The molecule has 0 saturated carbocycles. The van der Waals surface area contributed by atoms with Crippen LogP contribution in [-0.2, 0) is 0 Å².